The monoisotopic (exact) mass is 469 g/mol. The molecule has 1 unspecified atom stereocenters. The van der Waals surface area contributed by atoms with Crippen LogP contribution in [0.25, 0.3) is 4.85 Å². The van der Waals surface area contributed by atoms with Gasteiger partial charge in [-0.15, -0.1) is 11.8 Å². The number of carbonyl (C=O) groups is 1. The average molecular weight is 470 g/mol. The number of dihydropyridines is 1. The van der Waals surface area contributed by atoms with Crippen molar-refractivity contribution in [2.45, 2.75) is 19.3 Å². The van der Waals surface area contributed by atoms with Crippen LogP contribution in [0.5, 0.6) is 5.75 Å². The molecule has 1 aliphatic heterocycles. The predicted molar refractivity (Wildman–Crippen MR) is 129 cm³/mol. The van der Waals surface area contributed by atoms with Crippen LogP contribution in [-0.2, 0) is 4.79 Å². The number of nitrogens with zero attached hydrogens (tertiary/aromatic N) is 1. The molecule has 0 aliphatic carbocycles. The minimum atomic E-state index is -0.631. The Balaban J connectivity index is 2.07. The summed E-state index contributed by atoms with van der Waals surface area (Å²) in [5.74, 6) is 0.209. The number of amides is 1. The summed E-state index contributed by atoms with van der Waals surface area (Å²) >= 11 is 7.97. The Bertz CT molecular complexity index is 1110. The van der Waals surface area contributed by atoms with E-state index in [9.17, 15) is 4.79 Å². The Hall–Kier alpha value is -2.92. The summed E-state index contributed by atoms with van der Waals surface area (Å²) in [6.07, 6.45) is 0.599. The molecule has 2 aromatic carbocycles. The van der Waals surface area contributed by atoms with Gasteiger partial charge in [0.1, 0.15) is 5.75 Å². The fourth-order valence-corrected chi connectivity index (χ4v) is 4.76. The van der Waals surface area contributed by atoms with Gasteiger partial charge in [-0.1, -0.05) is 41.9 Å². The van der Waals surface area contributed by atoms with Gasteiger partial charge in [0, 0.05) is 28.7 Å². The molecule has 0 fully saturated rings. The normalized spacial score (nSPS) is 15.8. The van der Waals surface area contributed by atoms with E-state index in [1.54, 1.807) is 25.3 Å². The second-order valence-electron chi connectivity index (χ2n) is 7.02. The molecule has 6 nitrogen and oxygen atoms in total. The van der Waals surface area contributed by atoms with Crippen molar-refractivity contribution in [1.29, 1.82) is 0 Å². The second-order valence-corrected chi connectivity index (χ2v) is 8.54. The molecule has 3 rings (SSSR count). The average Bonchev–Trinajstić information content (AvgIpc) is 2.79. The van der Waals surface area contributed by atoms with Gasteiger partial charge in [0.15, 0.2) is 0 Å². The first-order valence-electron chi connectivity index (χ1n) is 10.0. The molecule has 1 aliphatic rings. The topological polar surface area (TPSA) is 75.0 Å². The van der Waals surface area contributed by atoms with E-state index in [0.717, 1.165) is 0 Å². The number of nitrogens with one attached hydrogen (secondary N) is 2. The molecular formula is C24H24ClN3O3S. The highest BCUT2D eigenvalue weighted by Crippen LogP contribution is 2.44. The van der Waals surface area contributed by atoms with Crippen LogP contribution in [0.4, 0.5) is 5.69 Å². The van der Waals surface area contributed by atoms with Crippen LogP contribution >= 0.6 is 23.4 Å². The quantitative estimate of drug-likeness (QED) is 0.368. The van der Waals surface area contributed by atoms with Crippen molar-refractivity contribution in [3.63, 3.8) is 0 Å². The summed E-state index contributed by atoms with van der Waals surface area (Å²) in [4.78, 5) is 17.3. The molecule has 1 atom stereocenters. The molecule has 166 valence electrons. The summed E-state index contributed by atoms with van der Waals surface area (Å²) < 4.78 is 5.36. The third-order valence-electron chi connectivity index (χ3n) is 4.99. The summed E-state index contributed by atoms with van der Waals surface area (Å²) in [5.41, 5.74) is 2.68. The highest BCUT2D eigenvalue weighted by molar-refractivity contribution is 8.03. The lowest BCUT2D eigenvalue weighted by Gasteiger charge is -2.30. The van der Waals surface area contributed by atoms with E-state index < -0.39 is 5.92 Å². The van der Waals surface area contributed by atoms with E-state index in [1.807, 2.05) is 37.3 Å². The lowest BCUT2D eigenvalue weighted by Crippen LogP contribution is -2.30. The Morgan fingerprint density at radius 1 is 1.28 bits per heavy atom. The first-order valence-corrected chi connectivity index (χ1v) is 11.4. The Morgan fingerprint density at radius 2 is 2.00 bits per heavy atom. The van der Waals surface area contributed by atoms with Crippen molar-refractivity contribution in [3.05, 3.63) is 92.5 Å². The lowest BCUT2D eigenvalue weighted by atomic mass is 9.85. The zero-order chi connectivity index (χ0) is 23.1. The molecule has 0 aromatic heterocycles. The molecule has 8 heteroatoms. The number of benzene rings is 2. The van der Waals surface area contributed by atoms with Gasteiger partial charge in [0.25, 0.3) is 5.91 Å². The first-order chi connectivity index (χ1) is 15.5. The highest BCUT2D eigenvalue weighted by Gasteiger charge is 2.36. The number of carbonyl (C=O) groups excluding carboxylic acids is 1. The number of aliphatic hydroxyl groups is 1. The van der Waals surface area contributed by atoms with E-state index in [2.05, 4.69) is 15.5 Å². The smallest absolute Gasteiger partial charge is 0.253 e. The van der Waals surface area contributed by atoms with Crippen LogP contribution in [-0.4, -0.2) is 30.5 Å². The molecule has 2 aromatic rings. The van der Waals surface area contributed by atoms with Gasteiger partial charge in [-0.2, -0.15) is 0 Å². The van der Waals surface area contributed by atoms with Crippen LogP contribution in [0.3, 0.4) is 0 Å². The van der Waals surface area contributed by atoms with Gasteiger partial charge in [0.05, 0.1) is 30.3 Å². The van der Waals surface area contributed by atoms with Gasteiger partial charge in [0.2, 0.25) is 5.70 Å². The van der Waals surface area contributed by atoms with Crippen molar-refractivity contribution in [2.75, 3.05) is 24.8 Å². The van der Waals surface area contributed by atoms with Crippen LogP contribution in [0.15, 0.2) is 70.5 Å². The number of aliphatic hydroxyl groups excluding tert-OH is 1. The van der Waals surface area contributed by atoms with Crippen molar-refractivity contribution >= 4 is 35.0 Å². The maximum atomic E-state index is 13.5. The molecule has 1 amide bonds. The number of para-hydroxylation sites is 2. The van der Waals surface area contributed by atoms with Crippen molar-refractivity contribution in [3.8, 4) is 5.75 Å². The Kier molecular flexibility index (Phi) is 8.23. The SMILES string of the molecule is [C-]#[N+]C1=C(SCCCO)NC(C)=C(C(=O)Nc2ccccc2OC)C1c1ccccc1Cl. The predicted octanol–water partition coefficient (Wildman–Crippen LogP) is 5.15. The number of rotatable bonds is 8. The van der Waals surface area contributed by atoms with Gasteiger partial charge in [-0.3, -0.25) is 4.79 Å². The third-order valence-corrected chi connectivity index (χ3v) is 6.42. The summed E-state index contributed by atoms with van der Waals surface area (Å²) in [5, 5.41) is 16.4. The van der Waals surface area contributed by atoms with E-state index in [1.165, 1.54) is 11.8 Å². The molecule has 0 bridgehead atoms. The van der Waals surface area contributed by atoms with E-state index in [4.69, 9.17) is 28.0 Å². The second kappa shape index (κ2) is 11.1. The van der Waals surface area contributed by atoms with Gasteiger partial charge >= 0.3 is 0 Å². The molecule has 0 saturated carbocycles. The van der Waals surface area contributed by atoms with Crippen LogP contribution in [0.1, 0.15) is 24.8 Å². The summed E-state index contributed by atoms with van der Waals surface area (Å²) in [6, 6.07) is 14.4. The summed E-state index contributed by atoms with van der Waals surface area (Å²) in [6.45, 7) is 9.77. The maximum Gasteiger partial charge on any atom is 0.253 e. The standard InChI is InChI=1S/C24H24ClN3O3S/c1-15-20(23(30)28-18-11-6-7-12-19(18)31-3)21(16-9-4-5-10-17(16)25)22(26-2)24(27-15)32-14-8-13-29/h4-7,9-12,21,27,29H,8,13-14H2,1,3H3,(H,28,30). The fraction of sp³-hybridized carbons (Fsp3) is 0.250. The van der Waals surface area contributed by atoms with Crippen LogP contribution in [0, 0.1) is 6.57 Å². The van der Waals surface area contributed by atoms with E-state index in [-0.39, 0.29) is 12.5 Å². The number of methoxy groups -OCH3 is 1. The van der Waals surface area contributed by atoms with E-state index in [0.29, 0.717) is 56.2 Å². The number of hydrogen-bond acceptors (Lipinski definition) is 5. The molecule has 0 saturated heterocycles. The lowest BCUT2D eigenvalue weighted by molar-refractivity contribution is -0.113. The molecular weight excluding hydrogens is 446 g/mol. The Labute approximate surface area is 197 Å². The van der Waals surface area contributed by atoms with Crippen LogP contribution < -0.4 is 15.4 Å². The molecule has 32 heavy (non-hydrogen) atoms. The van der Waals surface area contributed by atoms with Crippen molar-refractivity contribution in [2.24, 2.45) is 0 Å². The first kappa shape index (κ1) is 23.7. The minimum absolute atomic E-state index is 0.0724. The van der Waals surface area contributed by atoms with Crippen molar-refractivity contribution in [1.82, 2.24) is 5.32 Å². The summed E-state index contributed by atoms with van der Waals surface area (Å²) in [7, 11) is 1.54. The number of anilines is 1. The largest absolute Gasteiger partial charge is 0.495 e. The number of halogens is 1. The maximum absolute atomic E-state index is 13.5. The number of thioether (sulfide) groups is 1. The molecule has 0 radical (unpaired) electrons. The zero-order valence-electron chi connectivity index (χ0n) is 17.8. The number of hydrogen-bond donors (Lipinski definition) is 3. The highest BCUT2D eigenvalue weighted by atomic mass is 35.5. The Morgan fingerprint density at radius 3 is 2.69 bits per heavy atom. The minimum Gasteiger partial charge on any atom is -0.495 e. The van der Waals surface area contributed by atoms with Gasteiger partial charge < -0.3 is 20.5 Å². The van der Waals surface area contributed by atoms with Gasteiger partial charge in [-0.05, 0) is 37.1 Å². The van der Waals surface area contributed by atoms with Crippen LogP contribution in [0.2, 0.25) is 5.02 Å². The number of allylic oxidation sites excluding steroid dienone is 2. The molecule has 0 spiro atoms. The molecule has 3 N–H and O–H groups in total. The third kappa shape index (κ3) is 5.10. The van der Waals surface area contributed by atoms with Crippen molar-refractivity contribution < 1.29 is 14.6 Å². The van der Waals surface area contributed by atoms with Gasteiger partial charge in [-0.25, -0.2) is 4.85 Å². The zero-order valence-corrected chi connectivity index (χ0v) is 19.4. The fourth-order valence-electron chi connectivity index (χ4n) is 3.50. The van der Waals surface area contributed by atoms with E-state index >= 15 is 0 Å². The molecule has 1 heterocycles. The number of ether oxygens (including phenoxy) is 1.